The van der Waals surface area contributed by atoms with Gasteiger partial charge in [-0.1, -0.05) is 32.1 Å². The van der Waals surface area contributed by atoms with E-state index >= 15 is 0 Å². The van der Waals surface area contributed by atoms with Crippen LogP contribution in [0.2, 0.25) is 0 Å². The number of anilines is 2. The molecule has 6 heteroatoms. The molecular weight excluding hydrogens is 340 g/mol. The molecule has 2 amide bonds. The van der Waals surface area contributed by atoms with Gasteiger partial charge < -0.3 is 16.4 Å². The third-order valence-corrected chi connectivity index (χ3v) is 5.69. The van der Waals surface area contributed by atoms with Crippen LogP contribution in [0, 0.1) is 0 Å². The summed E-state index contributed by atoms with van der Waals surface area (Å²) >= 11 is 0. The zero-order valence-electron chi connectivity index (χ0n) is 16.1. The lowest BCUT2D eigenvalue weighted by atomic mass is 9.98. The van der Waals surface area contributed by atoms with E-state index < -0.39 is 5.54 Å². The van der Waals surface area contributed by atoms with E-state index in [4.69, 9.17) is 5.73 Å². The van der Waals surface area contributed by atoms with Crippen molar-refractivity contribution in [1.29, 1.82) is 0 Å². The molecule has 1 saturated heterocycles. The third-order valence-electron chi connectivity index (χ3n) is 5.69. The normalized spacial score (nSPS) is 20.5. The number of carbonyl (C=O) groups excluding carboxylic acids is 2. The summed E-state index contributed by atoms with van der Waals surface area (Å²) in [5.41, 5.74) is 6.90. The molecule has 1 aliphatic heterocycles. The monoisotopic (exact) mass is 372 g/mol. The molecular formula is C21H32N4O2. The summed E-state index contributed by atoms with van der Waals surface area (Å²) in [5, 5.41) is 5.85. The van der Waals surface area contributed by atoms with Crippen LogP contribution in [0.5, 0.6) is 0 Å². The number of carbonyl (C=O) groups is 2. The van der Waals surface area contributed by atoms with Crippen LogP contribution in [0.1, 0.15) is 57.8 Å². The van der Waals surface area contributed by atoms with E-state index in [0.29, 0.717) is 12.2 Å². The Morgan fingerprint density at radius 3 is 1.96 bits per heavy atom. The highest BCUT2D eigenvalue weighted by molar-refractivity contribution is 5.98. The fraction of sp³-hybridized carbons (Fsp3) is 0.619. The Morgan fingerprint density at radius 2 is 1.37 bits per heavy atom. The van der Waals surface area contributed by atoms with Gasteiger partial charge in [0.15, 0.2) is 0 Å². The lowest BCUT2D eigenvalue weighted by molar-refractivity contribution is -0.121. The van der Waals surface area contributed by atoms with Gasteiger partial charge in [0, 0.05) is 11.4 Å². The molecule has 1 heterocycles. The van der Waals surface area contributed by atoms with Crippen molar-refractivity contribution >= 4 is 23.2 Å². The summed E-state index contributed by atoms with van der Waals surface area (Å²) in [5.74, 6) is -0.104. The average molecular weight is 373 g/mol. The smallest absolute Gasteiger partial charge is 0.244 e. The molecule has 2 aliphatic rings. The Bertz CT molecular complexity index is 630. The number of hydrogen-bond acceptors (Lipinski definition) is 4. The van der Waals surface area contributed by atoms with Crippen molar-refractivity contribution in [2.45, 2.75) is 63.3 Å². The zero-order valence-corrected chi connectivity index (χ0v) is 16.1. The van der Waals surface area contributed by atoms with E-state index in [1.165, 1.54) is 32.1 Å². The maximum Gasteiger partial charge on any atom is 0.244 e. The van der Waals surface area contributed by atoms with Gasteiger partial charge in [0.25, 0.3) is 0 Å². The van der Waals surface area contributed by atoms with Gasteiger partial charge in [-0.3, -0.25) is 14.5 Å². The van der Waals surface area contributed by atoms with E-state index in [1.807, 2.05) is 24.3 Å². The van der Waals surface area contributed by atoms with Gasteiger partial charge in [0.1, 0.15) is 0 Å². The number of benzene rings is 1. The van der Waals surface area contributed by atoms with E-state index in [1.54, 1.807) is 0 Å². The highest BCUT2D eigenvalue weighted by atomic mass is 16.2. The average Bonchev–Trinajstić information content (AvgIpc) is 3.07. The van der Waals surface area contributed by atoms with Gasteiger partial charge in [-0.2, -0.15) is 0 Å². The van der Waals surface area contributed by atoms with Crippen molar-refractivity contribution in [3.63, 3.8) is 0 Å². The first-order valence-corrected chi connectivity index (χ1v) is 10.3. The molecule has 0 spiro atoms. The number of rotatable bonds is 5. The van der Waals surface area contributed by atoms with Crippen LogP contribution in [0.3, 0.4) is 0 Å². The van der Waals surface area contributed by atoms with Gasteiger partial charge in [0.2, 0.25) is 11.8 Å². The first-order chi connectivity index (χ1) is 13.0. The molecule has 0 unspecified atom stereocenters. The molecule has 1 aromatic rings. The van der Waals surface area contributed by atoms with Crippen molar-refractivity contribution < 1.29 is 9.59 Å². The molecule has 0 bridgehead atoms. The lowest BCUT2D eigenvalue weighted by Gasteiger charge is -2.24. The molecule has 3 rings (SSSR count). The van der Waals surface area contributed by atoms with Crippen LogP contribution in [-0.2, 0) is 9.59 Å². The molecule has 1 aromatic carbocycles. The van der Waals surface area contributed by atoms with Crippen molar-refractivity contribution in [2.24, 2.45) is 5.73 Å². The second kappa shape index (κ2) is 9.33. The molecule has 148 valence electrons. The van der Waals surface area contributed by atoms with Gasteiger partial charge in [0.05, 0.1) is 12.1 Å². The molecule has 4 N–H and O–H groups in total. The molecule has 1 aliphatic carbocycles. The summed E-state index contributed by atoms with van der Waals surface area (Å²) in [4.78, 5) is 26.9. The highest BCUT2D eigenvalue weighted by Gasteiger charge is 2.36. The van der Waals surface area contributed by atoms with E-state index in [0.717, 1.165) is 44.5 Å². The Morgan fingerprint density at radius 1 is 0.852 bits per heavy atom. The maximum atomic E-state index is 12.4. The summed E-state index contributed by atoms with van der Waals surface area (Å²) in [6, 6.07) is 7.25. The fourth-order valence-corrected chi connectivity index (χ4v) is 4.00. The Balaban J connectivity index is 1.48. The number of amides is 2. The highest BCUT2D eigenvalue weighted by Crippen LogP contribution is 2.28. The molecule has 2 fully saturated rings. The zero-order chi connectivity index (χ0) is 19.1. The second-order valence-corrected chi connectivity index (χ2v) is 7.99. The Kier molecular flexibility index (Phi) is 6.85. The first-order valence-electron chi connectivity index (χ1n) is 10.3. The summed E-state index contributed by atoms with van der Waals surface area (Å²) in [6.07, 6.45) is 9.67. The Hall–Kier alpha value is -1.92. The second-order valence-electron chi connectivity index (χ2n) is 7.99. The van der Waals surface area contributed by atoms with Crippen LogP contribution in [0.15, 0.2) is 24.3 Å². The summed E-state index contributed by atoms with van der Waals surface area (Å²) in [6.45, 7) is 2.44. The minimum atomic E-state index is -0.737. The van der Waals surface area contributed by atoms with Crippen LogP contribution < -0.4 is 16.4 Å². The van der Waals surface area contributed by atoms with Crippen LogP contribution in [0.4, 0.5) is 11.4 Å². The summed E-state index contributed by atoms with van der Waals surface area (Å²) in [7, 11) is 0. The summed E-state index contributed by atoms with van der Waals surface area (Å²) < 4.78 is 0. The molecule has 0 atom stereocenters. The maximum absolute atomic E-state index is 12.4. The molecule has 0 radical (unpaired) electrons. The van der Waals surface area contributed by atoms with Crippen molar-refractivity contribution in [3.8, 4) is 0 Å². The molecule has 6 nitrogen and oxygen atoms in total. The van der Waals surface area contributed by atoms with E-state index in [9.17, 15) is 9.59 Å². The van der Waals surface area contributed by atoms with Crippen molar-refractivity contribution in [3.05, 3.63) is 24.3 Å². The van der Waals surface area contributed by atoms with Crippen LogP contribution in [0.25, 0.3) is 0 Å². The van der Waals surface area contributed by atoms with Crippen molar-refractivity contribution in [2.75, 3.05) is 30.3 Å². The van der Waals surface area contributed by atoms with Gasteiger partial charge in [-0.25, -0.2) is 0 Å². The topological polar surface area (TPSA) is 87.5 Å². The quantitative estimate of drug-likeness (QED) is 0.741. The molecule has 1 saturated carbocycles. The number of hydrogen-bond donors (Lipinski definition) is 3. The van der Waals surface area contributed by atoms with Crippen molar-refractivity contribution in [1.82, 2.24) is 4.90 Å². The van der Waals surface area contributed by atoms with E-state index in [2.05, 4.69) is 15.5 Å². The predicted octanol–water partition coefficient (Wildman–Crippen LogP) is 3.10. The predicted molar refractivity (Wildman–Crippen MR) is 109 cm³/mol. The number of nitrogens with zero attached hydrogens (tertiary/aromatic N) is 1. The lowest BCUT2D eigenvalue weighted by Crippen LogP contribution is -2.48. The first kappa shape index (κ1) is 19.8. The number of nitrogens with one attached hydrogen (secondary N) is 2. The minimum absolute atomic E-state index is 0.0132. The van der Waals surface area contributed by atoms with Gasteiger partial charge in [-0.05, 0) is 63.0 Å². The SMILES string of the molecule is NC1(C(=O)Nc2ccc(NC(=O)CN3CCCCCCC3)cc2)CCCC1. The molecule has 27 heavy (non-hydrogen) atoms. The fourth-order valence-electron chi connectivity index (χ4n) is 4.00. The van der Waals surface area contributed by atoms with E-state index in [-0.39, 0.29) is 11.8 Å². The minimum Gasteiger partial charge on any atom is -0.325 e. The third kappa shape index (κ3) is 5.78. The van der Waals surface area contributed by atoms with Gasteiger partial charge in [-0.15, -0.1) is 0 Å². The van der Waals surface area contributed by atoms with Crippen LogP contribution >= 0.6 is 0 Å². The standard InChI is InChI=1S/C21H32N4O2/c22-21(12-4-5-13-21)20(27)24-18-10-8-17(9-11-18)23-19(26)16-25-14-6-2-1-3-7-15-25/h8-11H,1-7,12-16,22H2,(H,23,26)(H,24,27). The Labute approximate surface area is 161 Å². The van der Waals surface area contributed by atoms with Crippen LogP contribution in [-0.4, -0.2) is 41.9 Å². The number of likely N-dealkylation sites (tertiary alicyclic amines) is 1. The van der Waals surface area contributed by atoms with Gasteiger partial charge >= 0.3 is 0 Å². The number of nitrogens with two attached hydrogens (primary N) is 1. The largest absolute Gasteiger partial charge is 0.325 e. The molecule has 0 aromatic heterocycles.